The van der Waals surface area contributed by atoms with Gasteiger partial charge in [-0.1, -0.05) is 31.0 Å². The molecular weight excluding hydrogens is 305 g/mol. The predicted octanol–water partition coefficient (Wildman–Crippen LogP) is 3.37. The van der Waals surface area contributed by atoms with E-state index < -0.39 is 11.7 Å². The molecule has 1 saturated carbocycles. The molecule has 0 spiro atoms. The molecule has 0 aliphatic heterocycles. The number of nitrogens with one attached hydrogen (secondary N) is 1. The van der Waals surface area contributed by atoms with Crippen molar-refractivity contribution in [3.05, 3.63) is 35.4 Å². The summed E-state index contributed by atoms with van der Waals surface area (Å²) in [4.78, 5) is 11.8. The Balaban J connectivity index is 2.16. The van der Waals surface area contributed by atoms with Crippen LogP contribution in [-0.4, -0.2) is 19.0 Å². The number of benzene rings is 1. The average molecular weight is 328 g/mol. The van der Waals surface area contributed by atoms with Crippen LogP contribution >= 0.6 is 0 Å². The van der Waals surface area contributed by atoms with Gasteiger partial charge in [-0.25, -0.2) is 0 Å². The number of hydrogen-bond acceptors (Lipinski definition) is 2. The van der Waals surface area contributed by atoms with Gasteiger partial charge in [0.1, 0.15) is 0 Å². The molecule has 1 fully saturated rings. The lowest BCUT2D eigenvalue weighted by molar-refractivity contribution is -0.137. The average Bonchev–Trinajstić information content (AvgIpc) is 3.00. The maximum atomic E-state index is 13.0. The van der Waals surface area contributed by atoms with Crippen molar-refractivity contribution >= 4 is 5.91 Å². The van der Waals surface area contributed by atoms with Gasteiger partial charge in [-0.15, -0.1) is 0 Å². The van der Waals surface area contributed by atoms with Crippen molar-refractivity contribution in [2.24, 2.45) is 5.73 Å². The van der Waals surface area contributed by atoms with Crippen molar-refractivity contribution in [2.45, 2.75) is 50.1 Å². The molecule has 0 saturated heterocycles. The third-order valence-electron chi connectivity index (χ3n) is 4.59. The molecular formula is C17H23F3N2O. The van der Waals surface area contributed by atoms with Crippen molar-refractivity contribution in [3.8, 4) is 0 Å². The first-order valence-corrected chi connectivity index (χ1v) is 8.02. The lowest BCUT2D eigenvalue weighted by Crippen LogP contribution is -2.39. The predicted molar refractivity (Wildman–Crippen MR) is 82.9 cm³/mol. The molecule has 1 aliphatic rings. The summed E-state index contributed by atoms with van der Waals surface area (Å²) in [6.07, 6.45) is 0.151. The van der Waals surface area contributed by atoms with Gasteiger partial charge in [-0.2, -0.15) is 13.2 Å². The normalized spacial score (nSPS) is 17.2. The van der Waals surface area contributed by atoms with Crippen LogP contribution in [0.3, 0.4) is 0 Å². The molecule has 0 heterocycles. The molecule has 0 bridgehead atoms. The SMILES string of the molecule is NCCCC(=O)NCC1(c2cccc(C(F)(F)F)c2)CCCC1. The summed E-state index contributed by atoms with van der Waals surface area (Å²) in [5, 5.41) is 2.88. The number of amides is 1. The van der Waals surface area contributed by atoms with Crippen molar-refractivity contribution in [3.63, 3.8) is 0 Å². The quantitative estimate of drug-likeness (QED) is 0.841. The fraction of sp³-hybridized carbons (Fsp3) is 0.588. The third kappa shape index (κ3) is 4.47. The minimum Gasteiger partial charge on any atom is -0.355 e. The lowest BCUT2D eigenvalue weighted by atomic mass is 9.78. The molecule has 128 valence electrons. The minimum absolute atomic E-state index is 0.0892. The molecule has 0 radical (unpaired) electrons. The zero-order valence-corrected chi connectivity index (χ0v) is 13.1. The van der Waals surface area contributed by atoms with E-state index in [-0.39, 0.29) is 11.3 Å². The Morgan fingerprint density at radius 1 is 1.26 bits per heavy atom. The Kier molecular flexibility index (Phi) is 5.68. The highest BCUT2D eigenvalue weighted by Gasteiger charge is 2.38. The molecule has 1 aromatic carbocycles. The topological polar surface area (TPSA) is 55.1 Å². The van der Waals surface area contributed by atoms with Crippen molar-refractivity contribution in [1.29, 1.82) is 0 Å². The summed E-state index contributed by atoms with van der Waals surface area (Å²) in [5.74, 6) is -0.0892. The minimum atomic E-state index is -4.35. The number of carbonyl (C=O) groups is 1. The van der Waals surface area contributed by atoms with Gasteiger partial charge in [0.25, 0.3) is 0 Å². The highest BCUT2D eigenvalue weighted by atomic mass is 19.4. The van der Waals surface area contributed by atoms with Gasteiger partial charge in [0.2, 0.25) is 5.91 Å². The van der Waals surface area contributed by atoms with Crippen molar-refractivity contribution in [1.82, 2.24) is 5.32 Å². The van der Waals surface area contributed by atoms with Crippen molar-refractivity contribution in [2.75, 3.05) is 13.1 Å². The van der Waals surface area contributed by atoms with E-state index in [2.05, 4.69) is 5.32 Å². The van der Waals surface area contributed by atoms with E-state index in [9.17, 15) is 18.0 Å². The van der Waals surface area contributed by atoms with Gasteiger partial charge in [0.05, 0.1) is 5.56 Å². The highest BCUT2D eigenvalue weighted by molar-refractivity contribution is 5.76. The third-order valence-corrected chi connectivity index (χ3v) is 4.59. The number of nitrogens with two attached hydrogens (primary N) is 1. The summed E-state index contributed by atoms with van der Waals surface area (Å²) in [5.41, 5.74) is 5.04. The molecule has 1 aromatic rings. The van der Waals surface area contributed by atoms with E-state index in [1.165, 1.54) is 12.1 Å². The molecule has 6 heteroatoms. The number of rotatable bonds is 6. The highest BCUT2D eigenvalue weighted by Crippen LogP contribution is 2.42. The second-order valence-electron chi connectivity index (χ2n) is 6.23. The molecule has 0 unspecified atom stereocenters. The van der Waals surface area contributed by atoms with Gasteiger partial charge in [0.15, 0.2) is 0 Å². The Morgan fingerprint density at radius 3 is 2.57 bits per heavy atom. The zero-order valence-electron chi connectivity index (χ0n) is 13.1. The first-order chi connectivity index (χ1) is 10.9. The number of halogens is 3. The van der Waals surface area contributed by atoms with Crippen LogP contribution in [0.1, 0.15) is 49.7 Å². The second-order valence-corrected chi connectivity index (χ2v) is 6.23. The number of hydrogen-bond donors (Lipinski definition) is 2. The van der Waals surface area contributed by atoms with E-state index >= 15 is 0 Å². The van der Waals surface area contributed by atoms with Crippen LogP contribution in [0.4, 0.5) is 13.2 Å². The van der Waals surface area contributed by atoms with Crippen LogP contribution in [0, 0.1) is 0 Å². The van der Waals surface area contributed by atoms with Crippen LogP contribution in [0.2, 0.25) is 0 Å². The summed E-state index contributed by atoms with van der Waals surface area (Å²) < 4.78 is 38.9. The van der Waals surface area contributed by atoms with Gasteiger partial charge >= 0.3 is 6.18 Å². The first-order valence-electron chi connectivity index (χ1n) is 8.02. The van der Waals surface area contributed by atoms with Gasteiger partial charge < -0.3 is 11.1 Å². The molecule has 0 aromatic heterocycles. The summed E-state index contributed by atoms with van der Waals surface area (Å²) in [7, 11) is 0. The molecule has 1 amide bonds. The maximum Gasteiger partial charge on any atom is 0.416 e. The maximum absolute atomic E-state index is 13.0. The summed E-state index contributed by atoms with van der Waals surface area (Å²) in [6.45, 7) is 0.837. The number of carbonyl (C=O) groups excluding carboxylic acids is 1. The molecule has 23 heavy (non-hydrogen) atoms. The first kappa shape index (κ1) is 17.8. The Labute approximate surface area is 134 Å². The molecule has 2 rings (SSSR count). The largest absolute Gasteiger partial charge is 0.416 e. The van der Waals surface area contributed by atoms with E-state index in [4.69, 9.17) is 5.73 Å². The van der Waals surface area contributed by atoms with Crippen LogP contribution in [-0.2, 0) is 16.4 Å². The fourth-order valence-corrected chi connectivity index (χ4v) is 3.26. The van der Waals surface area contributed by atoms with Crippen LogP contribution in [0.15, 0.2) is 24.3 Å². The summed E-state index contributed by atoms with van der Waals surface area (Å²) in [6, 6.07) is 5.52. The van der Waals surface area contributed by atoms with E-state index in [1.807, 2.05) is 0 Å². The number of alkyl halides is 3. The Hall–Kier alpha value is -1.56. The lowest BCUT2D eigenvalue weighted by Gasteiger charge is -2.30. The van der Waals surface area contributed by atoms with E-state index in [0.717, 1.165) is 31.7 Å². The molecule has 3 nitrogen and oxygen atoms in total. The van der Waals surface area contributed by atoms with Crippen molar-refractivity contribution < 1.29 is 18.0 Å². The van der Waals surface area contributed by atoms with Crippen LogP contribution in [0.25, 0.3) is 0 Å². The Morgan fingerprint density at radius 2 is 1.96 bits per heavy atom. The van der Waals surface area contributed by atoms with E-state index in [1.54, 1.807) is 6.07 Å². The van der Waals surface area contributed by atoms with Crippen LogP contribution in [0.5, 0.6) is 0 Å². The smallest absolute Gasteiger partial charge is 0.355 e. The molecule has 1 aliphatic carbocycles. The van der Waals surface area contributed by atoms with Gasteiger partial charge in [0, 0.05) is 18.4 Å². The monoisotopic (exact) mass is 328 g/mol. The Bertz CT molecular complexity index is 537. The van der Waals surface area contributed by atoms with Crippen LogP contribution < -0.4 is 11.1 Å². The zero-order chi connectivity index (χ0) is 16.9. The van der Waals surface area contributed by atoms with Gasteiger partial charge in [-0.3, -0.25) is 4.79 Å². The standard InChI is InChI=1S/C17H23F3N2O/c18-17(19,20)14-6-3-5-13(11-14)16(8-1-2-9-16)12-22-15(23)7-4-10-21/h3,5-6,11H,1-2,4,7-10,12,21H2,(H,22,23). The second kappa shape index (κ2) is 7.34. The summed E-state index contributed by atoms with van der Waals surface area (Å²) >= 11 is 0. The molecule has 3 N–H and O–H groups in total. The van der Waals surface area contributed by atoms with Gasteiger partial charge in [-0.05, 0) is 37.4 Å². The molecule has 0 atom stereocenters. The fourth-order valence-electron chi connectivity index (χ4n) is 3.26. The van der Waals surface area contributed by atoms with E-state index in [0.29, 0.717) is 31.5 Å².